The minimum Gasteiger partial charge on any atom is -0.367 e. The van der Waals surface area contributed by atoms with Gasteiger partial charge in [-0.05, 0) is 55.1 Å². The molecule has 106 valence electrons. The van der Waals surface area contributed by atoms with Gasteiger partial charge in [0, 0.05) is 0 Å². The summed E-state index contributed by atoms with van der Waals surface area (Å²) in [6, 6.07) is 0. The lowest BCUT2D eigenvalue weighted by Crippen LogP contribution is -2.41. The van der Waals surface area contributed by atoms with E-state index in [4.69, 9.17) is 0 Å². The minimum absolute atomic E-state index is 0.539. The summed E-state index contributed by atoms with van der Waals surface area (Å²) >= 11 is 0. The summed E-state index contributed by atoms with van der Waals surface area (Å²) in [6.07, 6.45) is 16.6. The molecule has 2 heteroatoms. The number of rotatable bonds is 1. The normalized spacial score (nSPS) is 38.6. The lowest BCUT2D eigenvalue weighted by molar-refractivity contribution is -0.107. The molecular weight excluding hydrogens is 248 g/mol. The molecule has 4 aliphatic rings. The van der Waals surface area contributed by atoms with Crippen LogP contribution in [0.5, 0.6) is 0 Å². The molecule has 0 aromatic carbocycles. The van der Waals surface area contributed by atoms with Gasteiger partial charge < -0.3 is 10.2 Å². The van der Waals surface area contributed by atoms with Crippen molar-refractivity contribution in [3.05, 3.63) is 47.1 Å². The molecule has 0 aromatic rings. The summed E-state index contributed by atoms with van der Waals surface area (Å²) in [7, 11) is 0. The Bertz CT molecular complexity index is 550. The average Bonchev–Trinajstić information content (AvgIpc) is 2.92. The second-order valence-electron chi connectivity index (χ2n) is 6.71. The molecule has 0 heterocycles. The van der Waals surface area contributed by atoms with E-state index in [1.807, 2.05) is 12.2 Å². The zero-order valence-electron chi connectivity index (χ0n) is 11.8. The van der Waals surface area contributed by atoms with Crippen molar-refractivity contribution in [3.8, 4) is 0 Å². The minimum atomic E-state index is -1.29. The highest BCUT2D eigenvalue weighted by molar-refractivity contribution is 5.53. The van der Waals surface area contributed by atoms with E-state index in [2.05, 4.69) is 18.2 Å². The molecule has 0 radical (unpaired) electrons. The average molecular weight is 270 g/mol. The van der Waals surface area contributed by atoms with E-state index < -0.39 is 11.7 Å². The summed E-state index contributed by atoms with van der Waals surface area (Å²) in [6.45, 7) is 0. The molecule has 0 saturated heterocycles. The number of hydrogen-bond donors (Lipinski definition) is 2. The van der Waals surface area contributed by atoms with E-state index in [0.717, 1.165) is 18.4 Å². The van der Waals surface area contributed by atoms with Crippen LogP contribution in [-0.2, 0) is 0 Å². The highest BCUT2D eigenvalue weighted by Crippen LogP contribution is 2.56. The summed E-state index contributed by atoms with van der Waals surface area (Å²) < 4.78 is 0. The second kappa shape index (κ2) is 4.44. The molecule has 4 rings (SSSR count). The largest absolute Gasteiger partial charge is 0.367 e. The van der Waals surface area contributed by atoms with Gasteiger partial charge in [-0.25, -0.2) is 0 Å². The van der Waals surface area contributed by atoms with E-state index in [1.54, 1.807) is 5.57 Å². The molecule has 0 aromatic heterocycles. The van der Waals surface area contributed by atoms with Crippen LogP contribution >= 0.6 is 0 Å². The molecule has 2 fully saturated rings. The smallest absolute Gasteiger partial charge is 0.164 e. The third kappa shape index (κ3) is 1.58. The molecule has 2 N–H and O–H groups in total. The molecular formula is C18H22O2. The fraction of sp³-hybridized carbons (Fsp3) is 0.556. The summed E-state index contributed by atoms with van der Waals surface area (Å²) in [5.41, 5.74) is 3.62. The highest BCUT2D eigenvalue weighted by atomic mass is 16.5. The van der Waals surface area contributed by atoms with Gasteiger partial charge in [0.1, 0.15) is 0 Å². The van der Waals surface area contributed by atoms with Gasteiger partial charge >= 0.3 is 0 Å². The Morgan fingerprint density at radius 2 is 1.95 bits per heavy atom. The monoisotopic (exact) mass is 270 g/mol. The number of aliphatic hydroxyl groups excluding tert-OH is 1. The van der Waals surface area contributed by atoms with Gasteiger partial charge in [0.05, 0.1) is 5.41 Å². The van der Waals surface area contributed by atoms with Crippen molar-refractivity contribution in [3.63, 3.8) is 0 Å². The van der Waals surface area contributed by atoms with Crippen LogP contribution in [0.15, 0.2) is 47.1 Å². The van der Waals surface area contributed by atoms with Crippen LogP contribution in [0, 0.1) is 17.3 Å². The van der Waals surface area contributed by atoms with Gasteiger partial charge in [-0.15, -0.1) is 0 Å². The molecule has 0 amide bonds. The predicted molar refractivity (Wildman–Crippen MR) is 78.7 cm³/mol. The fourth-order valence-electron chi connectivity index (χ4n) is 4.81. The molecule has 2 saturated carbocycles. The molecule has 3 atom stereocenters. The van der Waals surface area contributed by atoms with Crippen molar-refractivity contribution < 1.29 is 10.2 Å². The van der Waals surface area contributed by atoms with E-state index in [0.29, 0.717) is 11.8 Å². The number of aliphatic hydroxyl groups is 2. The van der Waals surface area contributed by atoms with E-state index >= 15 is 0 Å². The number of allylic oxidation sites excluding steroid dienone is 6. The molecule has 0 aliphatic heterocycles. The van der Waals surface area contributed by atoms with Crippen molar-refractivity contribution in [2.24, 2.45) is 17.3 Å². The first-order valence-electron chi connectivity index (χ1n) is 7.89. The van der Waals surface area contributed by atoms with Crippen LogP contribution in [0.4, 0.5) is 0 Å². The van der Waals surface area contributed by atoms with Crippen LogP contribution < -0.4 is 0 Å². The molecule has 20 heavy (non-hydrogen) atoms. The third-order valence-electron chi connectivity index (χ3n) is 5.87. The topological polar surface area (TPSA) is 40.5 Å². The predicted octanol–water partition coefficient (Wildman–Crippen LogP) is 3.25. The maximum atomic E-state index is 9.88. The molecule has 4 aliphatic carbocycles. The van der Waals surface area contributed by atoms with Crippen molar-refractivity contribution >= 4 is 0 Å². The molecule has 0 unspecified atom stereocenters. The second-order valence-corrected chi connectivity index (χ2v) is 6.71. The molecule has 0 spiro atoms. The maximum absolute atomic E-state index is 9.88. The van der Waals surface area contributed by atoms with E-state index in [9.17, 15) is 10.2 Å². The van der Waals surface area contributed by atoms with Gasteiger partial charge in [-0.3, -0.25) is 0 Å². The maximum Gasteiger partial charge on any atom is 0.164 e. The lowest BCUT2D eigenvalue weighted by Gasteiger charge is -2.47. The third-order valence-corrected chi connectivity index (χ3v) is 5.87. The first-order valence-corrected chi connectivity index (χ1v) is 7.89. The molecule has 2 nitrogen and oxygen atoms in total. The Hall–Kier alpha value is -1.12. The highest BCUT2D eigenvalue weighted by Gasteiger charge is 2.48. The van der Waals surface area contributed by atoms with Crippen molar-refractivity contribution in [2.75, 3.05) is 0 Å². The van der Waals surface area contributed by atoms with Crippen LogP contribution in [0.2, 0.25) is 0 Å². The number of fused-ring (bicyclic) bond motifs is 5. The van der Waals surface area contributed by atoms with Crippen molar-refractivity contribution in [1.82, 2.24) is 0 Å². The Balaban J connectivity index is 1.76. The van der Waals surface area contributed by atoms with Gasteiger partial charge in [0.15, 0.2) is 6.29 Å². The van der Waals surface area contributed by atoms with Crippen LogP contribution in [-0.4, -0.2) is 16.5 Å². The standard InChI is InChI=1S/C18H22O2/c19-17(20)18-10-3-6-16(18)15-8-7-12-4-1-2-5-13(12)14(15)9-11-18/h3,6-8,10,13-14,17,19-20H,1-2,4-5,9,11H2/t13-,14+,18+/m0/s1. The van der Waals surface area contributed by atoms with E-state index in [1.165, 1.54) is 31.3 Å². The zero-order chi connectivity index (χ0) is 13.7. The van der Waals surface area contributed by atoms with E-state index in [-0.39, 0.29) is 0 Å². The quantitative estimate of drug-likeness (QED) is 0.718. The molecule has 0 bridgehead atoms. The van der Waals surface area contributed by atoms with Crippen LogP contribution in [0.25, 0.3) is 0 Å². The first kappa shape index (κ1) is 12.6. The fourth-order valence-corrected chi connectivity index (χ4v) is 4.81. The van der Waals surface area contributed by atoms with Crippen LogP contribution in [0.3, 0.4) is 0 Å². The van der Waals surface area contributed by atoms with Crippen LogP contribution in [0.1, 0.15) is 38.5 Å². The Morgan fingerprint density at radius 1 is 1.05 bits per heavy atom. The summed E-state index contributed by atoms with van der Waals surface area (Å²) in [5, 5.41) is 19.8. The van der Waals surface area contributed by atoms with Gasteiger partial charge in [0.25, 0.3) is 0 Å². The zero-order valence-corrected chi connectivity index (χ0v) is 11.8. The van der Waals surface area contributed by atoms with Gasteiger partial charge in [0.2, 0.25) is 0 Å². The first-order chi connectivity index (χ1) is 9.72. The Labute approximate surface area is 120 Å². The lowest BCUT2D eigenvalue weighted by atomic mass is 9.58. The van der Waals surface area contributed by atoms with Gasteiger partial charge in [-0.2, -0.15) is 0 Å². The SMILES string of the molecule is OC(O)[C@@]12C=CC=C1C1=CC=C3CCCC[C@@H]3[C@H]1CC2. The number of hydrogen-bond acceptors (Lipinski definition) is 2. The van der Waals surface area contributed by atoms with Crippen molar-refractivity contribution in [2.45, 2.75) is 44.8 Å². The Kier molecular flexibility index (Phi) is 2.80. The Morgan fingerprint density at radius 3 is 2.80 bits per heavy atom. The summed E-state index contributed by atoms with van der Waals surface area (Å²) in [5.74, 6) is 1.31. The van der Waals surface area contributed by atoms with Gasteiger partial charge in [-0.1, -0.05) is 42.4 Å². The summed E-state index contributed by atoms with van der Waals surface area (Å²) in [4.78, 5) is 0. The van der Waals surface area contributed by atoms with Crippen molar-refractivity contribution in [1.29, 1.82) is 0 Å².